The van der Waals surface area contributed by atoms with E-state index in [0.717, 1.165) is 22.3 Å². The SMILES string of the molecule is Cc1[nH]cnc1CN1Cn2c(cc3cc(Cl)cc(Cl)c32)C1=O. The molecule has 1 aromatic carbocycles. The number of aromatic amines is 1. The van der Waals surface area contributed by atoms with Gasteiger partial charge in [-0.25, -0.2) is 4.98 Å². The maximum absolute atomic E-state index is 12.6. The van der Waals surface area contributed by atoms with Gasteiger partial charge in [-0.15, -0.1) is 0 Å². The number of halogens is 2. The fraction of sp³-hybridized carbons (Fsp3) is 0.200. The smallest absolute Gasteiger partial charge is 0.272 e. The molecule has 7 heteroatoms. The molecule has 5 nitrogen and oxygen atoms in total. The molecule has 0 radical (unpaired) electrons. The molecule has 0 fully saturated rings. The predicted octanol–water partition coefficient (Wildman–Crippen LogP) is 3.59. The monoisotopic (exact) mass is 334 g/mol. The van der Waals surface area contributed by atoms with Crippen molar-refractivity contribution in [3.8, 4) is 0 Å². The van der Waals surface area contributed by atoms with Gasteiger partial charge in [0, 0.05) is 16.1 Å². The molecular weight excluding hydrogens is 323 g/mol. The molecule has 1 aliphatic heterocycles. The number of hydrogen-bond acceptors (Lipinski definition) is 2. The minimum Gasteiger partial charge on any atom is -0.348 e. The molecule has 1 aliphatic rings. The van der Waals surface area contributed by atoms with Gasteiger partial charge in [0.15, 0.2) is 0 Å². The largest absolute Gasteiger partial charge is 0.348 e. The van der Waals surface area contributed by atoms with Crippen molar-refractivity contribution in [3.63, 3.8) is 0 Å². The average Bonchev–Trinajstić information content (AvgIpc) is 3.09. The van der Waals surface area contributed by atoms with E-state index in [1.165, 1.54) is 0 Å². The molecule has 1 N–H and O–H groups in total. The van der Waals surface area contributed by atoms with Crippen LogP contribution in [0.15, 0.2) is 24.5 Å². The Morgan fingerprint density at radius 1 is 1.32 bits per heavy atom. The molecule has 0 unspecified atom stereocenters. The van der Waals surface area contributed by atoms with E-state index in [0.29, 0.717) is 29.0 Å². The summed E-state index contributed by atoms with van der Waals surface area (Å²) in [4.78, 5) is 21.6. The molecule has 22 heavy (non-hydrogen) atoms. The number of hydrogen-bond donors (Lipinski definition) is 1. The van der Waals surface area contributed by atoms with Crippen molar-refractivity contribution in [2.75, 3.05) is 0 Å². The highest BCUT2D eigenvalue weighted by Gasteiger charge is 2.30. The summed E-state index contributed by atoms with van der Waals surface area (Å²) in [6, 6.07) is 5.36. The van der Waals surface area contributed by atoms with Crippen molar-refractivity contribution in [1.29, 1.82) is 0 Å². The first-order valence-electron chi connectivity index (χ1n) is 6.81. The summed E-state index contributed by atoms with van der Waals surface area (Å²) in [6.45, 7) is 2.88. The van der Waals surface area contributed by atoms with Gasteiger partial charge in [-0.05, 0) is 25.1 Å². The van der Waals surface area contributed by atoms with E-state index in [4.69, 9.17) is 23.2 Å². The van der Waals surface area contributed by atoms with Crippen molar-refractivity contribution in [1.82, 2.24) is 19.4 Å². The summed E-state index contributed by atoms with van der Waals surface area (Å²) < 4.78 is 1.93. The third-order valence-electron chi connectivity index (χ3n) is 4.00. The average molecular weight is 335 g/mol. The van der Waals surface area contributed by atoms with Crippen molar-refractivity contribution < 1.29 is 4.79 Å². The van der Waals surface area contributed by atoms with Crippen LogP contribution in [0, 0.1) is 6.92 Å². The van der Waals surface area contributed by atoms with Crippen LogP contribution >= 0.6 is 23.2 Å². The van der Waals surface area contributed by atoms with E-state index in [1.54, 1.807) is 17.3 Å². The first-order valence-corrected chi connectivity index (χ1v) is 7.56. The maximum Gasteiger partial charge on any atom is 0.272 e. The van der Waals surface area contributed by atoms with Crippen molar-refractivity contribution in [2.24, 2.45) is 0 Å². The van der Waals surface area contributed by atoms with Crippen LogP contribution in [-0.2, 0) is 13.2 Å². The topological polar surface area (TPSA) is 53.9 Å². The van der Waals surface area contributed by atoms with Gasteiger partial charge in [0.05, 0.1) is 35.8 Å². The van der Waals surface area contributed by atoms with E-state index < -0.39 is 0 Å². The number of H-pyrrole nitrogens is 1. The van der Waals surface area contributed by atoms with Crippen LogP contribution in [0.4, 0.5) is 0 Å². The zero-order valence-electron chi connectivity index (χ0n) is 11.7. The molecule has 0 bridgehead atoms. The Morgan fingerprint density at radius 3 is 2.86 bits per heavy atom. The van der Waals surface area contributed by atoms with Gasteiger partial charge in [-0.2, -0.15) is 0 Å². The standard InChI is InChI=1S/C15H12Cl2N4O/c1-8-12(19-6-18-8)5-20-7-21-13(15(20)22)3-9-2-10(16)4-11(17)14(9)21/h2-4,6H,5,7H2,1H3,(H,18,19). The molecule has 0 atom stereocenters. The predicted molar refractivity (Wildman–Crippen MR) is 85.2 cm³/mol. The first-order chi connectivity index (χ1) is 10.5. The van der Waals surface area contributed by atoms with Crippen molar-refractivity contribution >= 4 is 40.0 Å². The maximum atomic E-state index is 12.6. The summed E-state index contributed by atoms with van der Waals surface area (Å²) in [5.74, 6) is -0.0224. The molecule has 4 rings (SSSR count). The number of fused-ring (bicyclic) bond motifs is 3. The van der Waals surface area contributed by atoms with Crippen LogP contribution in [0.3, 0.4) is 0 Å². The Kier molecular flexibility index (Phi) is 2.96. The van der Waals surface area contributed by atoms with Gasteiger partial charge in [0.2, 0.25) is 0 Å². The molecule has 0 aliphatic carbocycles. The second-order valence-electron chi connectivity index (χ2n) is 5.40. The highest BCUT2D eigenvalue weighted by atomic mass is 35.5. The zero-order chi connectivity index (χ0) is 15.4. The van der Waals surface area contributed by atoms with Crippen molar-refractivity contribution in [3.05, 3.63) is 51.7 Å². The van der Waals surface area contributed by atoms with Crippen molar-refractivity contribution in [2.45, 2.75) is 20.1 Å². The molecule has 3 heterocycles. The molecule has 1 amide bonds. The number of carbonyl (C=O) groups excluding carboxylic acids is 1. The number of aryl methyl sites for hydroxylation is 1. The Bertz CT molecular complexity index is 912. The minimum absolute atomic E-state index is 0.0224. The third-order valence-corrected chi connectivity index (χ3v) is 4.51. The van der Waals surface area contributed by atoms with E-state index in [9.17, 15) is 4.79 Å². The Labute approximate surface area is 136 Å². The number of rotatable bonds is 2. The molecule has 2 aromatic heterocycles. The number of aromatic nitrogens is 3. The summed E-state index contributed by atoms with van der Waals surface area (Å²) in [6.07, 6.45) is 1.64. The summed E-state index contributed by atoms with van der Waals surface area (Å²) in [5.41, 5.74) is 3.32. The second-order valence-corrected chi connectivity index (χ2v) is 6.25. The molecule has 0 spiro atoms. The zero-order valence-corrected chi connectivity index (χ0v) is 13.2. The van der Waals surface area contributed by atoms with E-state index >= 15 is 0 Å². The van der Waals surface area contributed by atoms with Crippen LogP contribution in [0.2, 0.25) is 10.0 Å². The lowest BCUT2D eigenvalue weighted by atomic mass is 10.2. The summed E-state index contributed by atoms with van der Waals surface area (Å²) >= 11 is 12.3. The quantitative estimate of drug-likeness (QED) is 0.778. The van der Waals surface area contributed by atoms with E-state index in [2.05, 4.69) is 9.97 Å². The van der Waals surface area contributed by atoms with E-state index in [-0.39, 0.29) is 5.91 Å². The lowest BCUT2D eigenvalue weighted by Crippen LogP contribution is -2.24. The van der Waals surface area contributed by atoms with Crippen LogP contribution in [0.1, 0.15) is 21.9 Å². The number of carbonyl (C=O) groups is 1. The first kappa shape index (κ1) is 13.7. The number of imidazole rings is 1. The van der Waals surface area contributed by atoms with Crippen LogP contribution in [-0.4, -0.2) is 25.3 Å². The fourth-order valence-corrected chi connectivity index (χ4v) is 3.51. The Hall–Kier alpha value is -1.98. The van der Waals surface area contributed by atoms with Crippen LogP contribution in [0.5, 0.6) is 0 Å². The minimum atomic E-state index is -0.0224. The highest BCUT2D eigenvalue weighted by Crippen LogP contribution is 2.34. The van der Waals surface area contributed by atoms with Gasteiger partial charge in [0.25, 0.3) is 5.91 Å². The lowest BCUT2D eigenvalue weighted by Gasteiger charge is -2.15. The van der Waals surface area contributed by atoms with Crippen LogP contribution < -0.4 is 0 Å². The third kappa shape index (κ3) is 1.93. The van der Waals surface area contributed by atoms with E-state index in [1.807, 2.05) is 23.6 Å². The lowest BCUT2D eigenvalue weighted by molar-refractivity contribution is 0.0755. The van der Waals surface area contributed by atoms with Crippen LogP contribution in [0.25, 0.3) is 10.9 Å². The summed E-state index contributed by atoms with van der Waals surface area (Å²) in [7, 11) is 0. The molecule has 3 aromatic rings. The molecule has 112 valence electrons. The number of nitrogens with one attached hydrogen (secondary N) is 1. The van der Waals surface area contributed by atoms with Gasteiger partial charge in [0.1, 0.15) is 5.69 Å². The molecular formula is C15H12Cl2N4O. The van der Waals surface area contributed by atoms with Gasteiger partial charge < -0.3 is 14.5 Å². The van der Waals surface area contributed by atoms with Gasteiger partial charge in [-0.3, -0.25) is 4.79 Å². The number of nitrogens with zero attached hydrogens (tertiary/aromatic N) is 3. The van der Waals surface area contributed by atoms with Gasteiger partial charge >= 0.3 is 0 Å². The molecule has 0 saturated carbocycles. The van der Waals surface area contributed by atoms with Gasteiger partial charge in [-0.1, -0.05) is 23.2 Å². The fourth-order valence-electron chi connectivity index (χ4n) is 2.90. The highest BCUT2D eigenvalue weighted by molar-refractivity contribution is 6.38. The second kappa shape index (κ2) is 4.76. The number of benzene rings is 1. The Balaban J connectivity index is 1.75. The summed E-state index contributed by atoms with van der Waals surface area (Å²) in [5, 5.41) is 2.01. The Morgan fingerprint density at radius 2 is 2.14 bits per heavy atom. The normalized spacial score (nSPS) is 14.1. The number of amides is 1. The molecule has 0 saturated heterocycles.